The number of benzene rings is 2. The molecular weight excluding hydrogens is 312 g/mol. The van der Waals surface area contributed by atoms with Crippen LogP contribution in [0.25, 0.3) is 11.3 Å². The summed E-state index contributed by atoms with van der Waals surface area (Å²) >= 11 is 0. The van der Waals surface area contributed by atoms with Crippen LogP contribution in [0.15, 0.2) is 65.7 Å². The van der Waals surface area contributed by atoms with Crippen LogP contribution in [0.3, 0.4) is 0 Å². The minimum absolute atomic E-state index is 0.0468. The van der Waals surface area contributed by atoms with Gasteiger partial charge in [0.1, 0.15) is 11.0 Å². The molecule has 3 aromatic rings. The number of hydrogen-bond donors (Lipinski definition) is 2. The molecule has 0 atom stereocenters. The van der Waals surface area contributed by atoms with Gasteiger partial charge in [-0.05, 0) is 30.3 Å². The number of H-pyrrole nitrogens is 1. The Hall–Kier alpha value is -3.11. The quantitative estimate of drug-likeness (QED) is 0.771. The SMILES string of the molecule is N#Cc1ccccc1S(=O)(=O)Nc1cccc(-c2ccn[nH]2)c1. The highest BCUT2D eigenvalue weighted by Gasteiger charge is 2.18. The molecule has 0 radical (unpaired) electrons. The van der Waals surface area contributed by atoms with E-state index in [9.17, 15) is 8.42 Å². The zero-order valence-corrected chi connectivity index (χ0v) is 12.7. The largest absolute Gasteiger partial charge is 0.280 e. The molecule has 0 aliphatic rings. The van der Waals surface area contributed by atoms with Gasteiger partial charge in [-0.25, -0.2) is 8.42 Å². The molecule has 1 aromatic heterocycles. The minimum atomic E-state index is -3.84. The summed E-state index contributed by atoms with van der Waals surface area (Å²) in [5, 5.41) is 15.8. The number of hydrogen-bond acceptors (Lipinski definition) is 4. The van der Waals surface area contributed by atoms with Crippen LogP contribution in [-0.4, -0.2) is 18.6 Å². The topological polar surface area (TPSA) is 98.6 Å². The van der Waals surface area contributed by atoms with Crippen LogP contribution in [-0.2, 0) is 10.0 Å². The maximum Gasteiger partial charge on any atom is 0.263 e. The van der Waals surface area contributed by atoms with E-state index in [1.54, 1.807) is 42.6 Å². The molecule has 1 heterocycles. The van der Waals surface area contributed by atoms with Gasteiger partial charge < -0.3 is 0 Å². The molecule has 0 spiro atoms. The monoisotopic (exact) mass is 324 g/mol. The van der Waals surface area contributed by atoms with E-state index in [4.69, 9.17) is 5.26 Å². The summed E-state index contributed by atoms with van der Waals surface area (Å²) in [4.78, 5) is -0.0468. The molecule has 7 heteroatoms. The second kappa shape index (κ2) is 5.94. The van der Waals surface area contributed by atoms with Crippen LogP contribution in [0.5, 0.6) is 0 Å². The van der Waals surface area contributed by atoms with Crippen LogP contribution in [0, 0.1) is 11.3 Å². The molecule has 0 amide bonds. The predicted molar refractivity (Wildman–Crippen MR) is 86.0 cm³/mol. The highest BCUT2D eigenvalue weighted by atomic mass is 32.2. The van der Waals surface area contributed by atoms with Gasteiger partial charge in [0.15, 0.2) is 0 Å². The van der Waals surface area contributed by atoms with Crippen molar-refractivity contribution in [3.63, 3.8) is 0 Å². The Labute approximate surface area is 133 Å². The number of anilines is 1. The summed E-state index contributed by atoms with van der Waals surface area (Å²) in [7, 11) is -3.84. The number of aromatic nitrogens is 2. The summed E-state index contributed by atoms with van der Waals surface area (Å²) in [6, 6.07) is 16.7. The van der Waals surface area contributed by atoms with Crippen molar-refractivity contribution in [2.45, 2.75) is 4.90 Å². The Bertz CT molecular complexity index is 973. The van der Waals surface area contributed by atoms with E-state index in [1.807, 2.05) is 12.1 Å². The number of nitrogens with one attached hydrogen (secondary N) is 2. The van der Waals surface area contributed by atoms with Crippen molar-refractivity contribution in [1.82, 2.24) is 10.2 Å². The van der Waals surface area contributed by atoms with Gasteiger partial charge in [-0.15, -0.1) is 0 Å². The molecule has 0 unspecified atom stereocenters. The number of sulfonamides is 1. The molecule has 0 aliphatic carbocycles. The molecule has 23 heavy (non-hydrogen) atoms. The molecule has 3 rings (SSSR count). The van der Waals surface area contributed by atoms with E-state index in [1.165, 1.54) is 12.1 Å². The fraction of sp³-hybridized carbons (Fsp3) is 0. The van der Waals surface area contributed by atoms with Gasteiger partial charge in [0.05, 0.1) is 11.3 Å². The van der Waals surface area contributed by atoms with Crippen molar-refractivity contribution in [1.29, 1.82) is 5.26 Å². The Morgan fingerprint density at radius 2 is 1.91 bits per heavy atom. The number of nitriles is 1. The van der Waals surface area contributed by atoms with E-state index in [0.717, 1.165) is 11.3 Å². The lowest BCUT2D eigenvalue weighted by molar-refractivity contribution is 0.601. The average Bonchev–Trinajstić information content (AvgIpc) is 3.09. The van der Waals surface area contributed by atoms with Crippen LogP contribution >= 0.6 is 0 Å². The fourth-order valence-corrected chi connectivity index (χ4v) is 3.38. The van der Waals surface area contributed by atoms with Crippen molar-refractivity contribution in [2.24, 2.45) is 0 Å². The smallest absolute Gasteiger partial charge is 0.263 e. The highest BCUT2D eigenvalue weighted by molar-refractivity contribution is 7.92. The Kier molecular flexibility index (Phi) is 3.83. The summed E-state index contributed by atoms with van der Waals surface area (Å²) < 4.78 is 27.5. The van der Waals surface area contributed by atoms with Crippen LogP contribution in [0.4, 0.5) is 5.69 Å². The molecule has 6 nitrogen and oxygen atoms in total. The lowest BCUT2D eigenvalue weighted by Crippen LogP contribution is -2.14. The van der Waals surface area contributed by atoms with Gasteiger partial charge in [-0.2, -0.15) is 10.4 Å². The number of nitrogens with zero attached hydrogens (tertiary/aromatic N) is 2. The second-order valence-corrected chi connectivity index (χ2v) is 6.42. The molecule has 0 fully saturated rings. The number of rotatable bonds is 4. The van der Waals surface area contributed by atoms with Gasteiger partial charge in [0.2, 0.25) is 0 Å². The van der Waals surface area contributed by atoms with Gasteiger partial charge in [0.25, 0.3) is 10.0 Å². The third-order valence-electron chi connectivity index (χ3n) is 3.22. The normalized spacial score (nSPS) is 10.9. The van der Waals surface area contributed by atoms with Crippen LogP contribution < -0.4 is 4.72 Å². The summed E-state index contributed by atoms with van der Waals surface area (Å²) in [5.41, 5.74) is 2.09. The third-order valence-corrected chi connectivity index (χ3v) is 4.66. The van der Waals surface area contributed by atoms with E-state index in [-0.39, 0.29) is 10.5 Å². The van der Waals surface area contributed by atoms with Gasteiger partial charge >= 0.3 is 0 Å². The number of aromatic amines is 1. The van der Waals surface area contributed by atoms with Gasteiger partial charge in [-0.1, -0.05) is 24.3 Å². The molecule has 0 aliphatic heterocycles. The van der Waals surface area contributed by atoms with E-state index < -0.39 is 10.0 Å². The zero-order chi connectivity index (χ0) is 16.3. The highest BCUT2D eigenvalue weighted by Crippen LogP contribution is 2.23. The van der Waals surface area contributed by atoms with E-state index in [0.29, 0.717) is 5.69 Å². The zero-order valence-electron chi connectivity index (χ0n) is 11.9. The first-order valence-electron chi connectivity index (χ1n) is 6.72. The lowest BCUT2D eigenvalue weighted by Gasteiger charge is -2.10. The first-order chi connectivity index (χ1) is 11.1. The Morgan fingerprint density at radius 1 is 1.09 bits per heavy atom. The van der Waals surface area contributed by atoms with E-state index in [2.05, 4.69) is 14.9 Å². The van der Waals surface area contributed by atoms with Crippen molar-refractivity contribution < 1.29 is 8.42 Å². The second-order valence-electron chi connectivity index (χ2n) is 4.76. The summed E-state index contributed by atoms with van der Waals surface area (Å²) in [6.07, 6.45) is 1.62. The van der Waals surface area contributed by atoms with Crippen molar-refractivity contribution in [3.05, 3.63) is 66.4 Å². The van der Waals surface area contributed by atoms with Crippen molar-refractivity contribution in [2.75, 3.05) is 4.72 Å². The van der Waals surface area contributed by atoms with E-state index >= 15 is 0 Å². The molecule has 0 bridgehead atoms. The minimum Gasteiger partial charge on any atom is -0.280 e. The summed E-state index contributed by atoms with van der Waals surface area (Å²) in [5.74, 6) is 0. The third kappa shape index (κ3) is 3.07. The van der Waals surface area contributed by atoms with Crippen LogP contribution in [0.2, 0.25) is 0 Å². The molecule has 2 aromatic carbocycles. The van der Waals surface area contributed by atoms with Crippen LogP contribution in [0.1, 0.15) is 5.56 Å². The van der Waals surface area contributed by atoms with Gasteiger partial charge in [-0.3, -0.25) is 9.82 Å². The van der Waals surface area contributed by atoms with Crippen molar-refractivity contribution >= 4 is 15.7 Å². The fourth-order valence-electron chi connectivity index (χ4n) is 2.17. The molecular formula is C16H12N4O2S. The lowest BCUT2D eigenvalue weighted by atomic mass is 10.1. The van der Waals surface area contributed by atoms with Crippen molar-refractivity contribution in [3.8, 4) is 17.3 Å². The first kappa shape index (κ1) is 14.8. The maximum atomic E-state index is 12.5. The summed E-state index contributed by atoms with van der Waals surface area (Å²) in [6.45, 7) is 0. The predicted octanol–water partition coefficient (Wildman–Crippen LogP) is 2.75. The van der Waals surface area contributed by atoms with Gasteiger partial charge in [0, 0.05) is 17.4 Å². The molecule has 114 valence electrons. The maximum absolute atomic E-state index is 12.5. The first-order valence-corrected chi connectivity index (χ1v) is 8.20. The standard InChI is InChI=1S/C16H12N4O2S/c17-11-13-4-1-2-7-16(13)23(21,22)20-14-6-3-5-12(10-14)15-8-9-18-19-15/h1-10,20H,(H,18,19). The Morgan fingerprint density at radius 3 is 2.65 bits per heavy atom. The molecule has 2 N–H and O–H groups in total. The molecule has 0 saturated heterocycles. The average molecular weight is 324 g/mol. The Balaban J connectivity index is 1.96. The molecule has 0 saturated carbocycles.